The summed E-state index contributed by atoms with van der Waals surface area (Å²) in [7, 11) is 1.42. The highest BCUT2D eigenvalue weighted by atomic mass is 19.1. The summed E-state index contributed by atoms with van der Waals surface area (Å²) in [6.07, 6.45) is 6.36. The molecule has 7 heteroatoms. The van der Waals surface area contributed by atoms with Crippen LogP contribution in [0, 0.1) is 5.82 Å². The molecule has 2 aliphatic heterocycles. The fraction of sp³-hybridized carbons (Fsp3) is 0.440. The van der Waals surface area contributed by atoms with Crippen LogP contribution in [0.2, 0.25) is 0 Å². The lowest BCUT2D eigenvalue weighted by molar-refractivity contribution is 0.0693. The monoisotopic (exact) mass is 436 g/mol. The molecule has 2 fully saturated rings. The molecule has 2 heterocycles. The average molecular weight is 437 g/mol. The molecule has 0 radical (unpaired) electrons. The molecule has 1 saturated carbocycles. The Labute approximate surface area is 187 Å². The molecular weight excluding hydrogens is 407 g/mol. The largest absolute Gasteiger partial charge is 0.494 e. The number of amidine groups is 1. The molecule has 1 atom stereocenters. The zero-order valence-electron chi connectivity index (χ0n) is 18.4. The number of halogens is 1. The Hall–Kier alpha value is -3.09. The maximum Gasteiger partial charge on any atom is 0.254 e. The number of benzene rings is 2. The van der Waals surface area contributed by atoms with Crippen LogP contribution in [0.3, 0.4) is 0 Å². The molecule has 2 N–H and O–H groups in total. The Morgan fingerprint density at radius 2 is 1.94 bits per heavy atom. The second-order valence-electron chi connectivity index (χ2n) is 8.97. The molecule has 0 unspecified atom stereocenters. The Balaban J connectivity index is 1.46. The minimum Gasteiger partial charge on any atom is -0.494 e. The fourth-order valence-electron chi connectivity index (χ4n) is 5.14. The SMILES string of the molecule is COc1ccc(C(=O)N2CCC[C@@]3(C2)Nc2ccccc2NC3=NC2CCCC2)cc1F. The first-order valence-corrected chi connectivity index (χ1v) is 11.4. The average Bonchev–Trinajstić information content (AvgIpc) is 3.32. The van der Waals surface area contributed by atoms with Crippen LogP contribution in [0.25, 0.3) is 0 Å². The van der Waals surface area contributed by atoms with Crippen molar-refractivity contribution in [3.05, 3.63) is 53.8 Å². The summed E-state index contributed by atoms with van der Waals surface area (Å²) in [5.74, 6) is 0.352. The van der Waals surface area contributed by atoms with Crippen molar-refractivity contribution in [1.82, 2.24) is 4.90 Å². The number of carbonyl (C=O) groups is 1. The number of rotatable bonds is 3. The number of aliphatic imine (C=N–C) groups is 1. The molecule has 5 rings (SSSR count). The number of ether oxygens (including phenoxy) is 1. The quantitative estimate of drug-likeness (QED) is 0.733. The van der Waals surface area contributed by atoms with Crippen molar-refractivity contribution in [1.29, 1.82) is 0 Å². The number of fused-ring (bicyclic) bond motifs is 1. The highest BCUT2D eigenvalue weighted by molar-refractivity contribution is 6.10. The van der Waals surface area contributed by atoms with E-state index in [4.69, 9.17) is 9.73 Å². The number of carbonyl (C=O) groups excluding carboxylic acids is 1. The first-order valence-electron chi connectivity index (χ1n) is 11.4. The highest BCUT2D eigenvalue weighted by Gasteiger charge is 2.45. The van der Waals surface area contributed by atoms with Gasteiger partial charge in [-0.3, -0.25) is 9.79 Å². The molecule has 32 heavy (non-hydrogen) atoms. The molecule has 1 aliphatic carbocycles. The smallest absolute Gasteiger partial charge is 0.254 e. The summed E-state index contributed by atoms with van der Waals surface area (Å²) in [6.45, 7) is 1.11. The van der Waals surface area contributed by atoms with Crippen LogP contribution in [0.15, 0.2) is 47.5 Å². The molecule has 2 aromatic rings. The number of anilines is 2. The third-order valence-corrected chi connectivity index (χ3v) is 6.82. The molecule has 2 aromatic carbocycles. The zero-order chi connectivity index (χ0) is 22.1. The number of methoxy groups -OCH3 is 1. The molecule has 1 amide bonds. The Kier molecular flexibility index (Phi) is 5.49. The Morgan fingerprint density at radius 1 is 1.16 bits per heavy atom. The Bertz CT molecular complexity index is 1050. The van der Waals surface area contributed by atoms with Gasteiger partial charge in [0.25, 0.3) is 5.91 Å². The van der Waals surface area contributed by atoms with Gasteiger partial charge in [-0.05, 0) is 56.0 Å². The summed E-state index contributed by atoms with van der Waals surface area (Å²) < 4.78 is 19.2. The summed E-state index contributed by atoms with van der Waals surface area (Å²) in [5.41, 5.74) is 1.88. The van der Waals surface area contributed by atoms with Crippen LogP contribution in [0.1, 0.15) is 48.9 Å². The van der Waals surface area contributed by atoms with Crippen LogP contribution < -0.4 is 15.4 Å². The van der Waals surface area contributed by atoms with Crippen LogP contribution in [0.5, 0.6) is 5.75 Å². The third-order valence-electron chi connectivity index (χ3n) is 6.82. The lowest BCUT2D eigenvalue weighted by atomic mass is 9.84. The first kappa shape index (κ1) is 20.8. The van der Waals surface area contributed by atoms with Gasteiger partial charge in [-0.15, -0.1) is 0 Å². The van der Waals surface area contributed by atoms with Gasteiger partial charge < -0.3 is 20.3 Å². The van der Waals surface area contributed by atoms with Gasteiger partial charge in [0, 0.05) is 12.1 Å². The third kappa shape index (κ3) is 3.80. The van der Waals surface area contributed by atoms with Crippen molar-refractivity contribution in [3.8, 4) is 5.75 Å². The maximum absolute atomic E-state index is 14.2. The number of likely N-dealkylation sites (tertiary alicyclic amines) is 1. The van der Waals surface area contributed by atoms with E-state index in [-0.39, 0.29) is 11.7 Å². The number of hydrogen-bond acceptors (Lipinski definition) is 4. The van der Waals surface area contributed by atoms with Gasteiger partial charge in [0.05, 0.1) is 31.1 Å². The molecular formula is C25H29FN4O2. The molecule has 6 nitrogen and oxygen atoms in total. The number of piperidine rings is 1. The second kappa shape index (κ2) is 8.45. The normalized spacial score (nSPS) is 24.2. The predicted molar refractivity (Wildman–Crippen MR) is 124 cm³/mol. The number of amides is 1. The zero-order valence-corrected chi connectivity index (χ0v) is 18.4. The number of hydrogen-bond donors (Lipinski definition) is 2. The van der Waals surface area contributed by atoms with E-state index in [1.54, 1.807) is 6.07 Å². The van der Waals surface area contributed by atoms with Gasteiger partial charge in [-0.25, -0.2) is 4.39 Å². The number of nitrogens with one attached hydrogen (secondary N) is 2. The summed E-state index contributed by atoms with van der Waals surface area (Å²) in [4.78, 5) is 20.3. The molecule has 1 saturated heterocycles. The summed E-state index contributed by atoms with van der Waals surface area (Å²) in [6, 6.07) is 12.8. The maximum atomic E-state index is 14.2. The van der Waals surface area contributed by atoms with Crippen LogP contribution in [-0.2, 0) is 0 Å². The van der Waals surface area contributed by atoms with E-state index < -0.39 is 11.4 Å². The van der Waals surface area contributed by atoms with E-state index in [0.717, 1.165) is 42.9 Å². The highest BCUT2D eigenvalue weighted by Crippen LogP contribution is 2.37. The minimum atomic E-state index is -0.528. The molecule has 1 spiro atoms. The van der Waals surface area contributed by atoms with Gasteiger partial charge in [0.2, 0.25) is 0 Å². The number of nitrogens with zero attached hydrogens (tertiary/aromatic N) is 2. The van der Waals surface area contributed by atoms with E-state index in [1.807, 2.05) is 23.1 Å². The van der Waals surface area contributed by atoms with Crippen molar-refractivity contribution in [2.24, 2.45) is 4.99 Å². The van der Waals surface area contributed by atoms with Gasteiger partial charge in [-0.1, -0.05) is 25.0 Å². The van der Waals surface area contributed by atoms with Crippen molar-refractivity contribution in [2.45, 2.75) is 50.1 Å². The lowest BCUT2D eigenvalue weighted by Crippen LogP contribution is -2.62. The Morgan fingerprint density at radius 3 is 2.69 bits per heavy atom. The van der Waals surface area contributed by atoms with Gasteiger partial charge >= 0.3 is 0 Å². The van der Waals surface area contributed by atoms with Gasteiger partial charge in [-0.2, -0.15) is 0 Å². The van der Waals surface area contributed by atoms with E-state index in [0.29, 0.717) is 24.7 Å². The molecule has 3 aliphatic rings. The van der Waals surface area contributed by atoms with Crippen LogP contribution in [-0.4, -0.2) is 48.4 Å². The van der Waals surface area contributed by atoms with E-state index >= 15 is 0 Å². The van der Waals surface area contributed by atoms with Crippen molar-refractivity contribution >= 4 is 23.1 Å². The van der Waals surface area contributed by atoms with E-state index in [2.05, 4.69) is 16.7 Å². The van der Waals surface area contributed by atoms with Gasteiger partial charge in [0.15, 0.2) is 11.6 Å². The second-order valence-corrected chi connectivity index (χ2v) is 8.97. The number of para-hydroxylation sites is 2. The molecule has 168 valence electrons. The summed E-state index contributed by atoms with van der Waals surface area (Å²) >= 11 is 0. The predicted octanol–water partition coefficient (Wildman–Crippen LogP) is 4.69. The van der Waals surface area contributed by atoms with Crippen molar-refractivity contribution in [3.63, 3.8) is 0 Å². The first-order chi connectivity index (χ1) is 15.6. The van der Waals surface area contributed by atoms with Crippen LogP contribution in [0.4, 0.5) is 15.8 Å². The van der Waals surface area contributed by atoms with E-state index in [1.165, 1.54) is 32.1 Å². The van der Waals surface area contributed by atoms with Gasteiger partial charge in [0.1, 0.15) is 11.4 Å². The summed E-state index contributed by atoms with van der Waals surface area (Å²) in [5, 5.41) is 7.30. The van der Waals surface area contributed by atoms with Crippen molar-refractivity contribution in [2.75, 3.05) is 30.8 Å². The standard InChI is InChI=1S/C25H29FN4O2/c1-32-22-12-11-17(15-19(22)26)23(31)30-14-6-13-25(16-30)24(27-18-7-2-3-8-18)28-20-9-4-5-10-21(20)29-25/h4-5,9-12,15,18,29H,2-3,6-8,13-14,16H2,1H3,(H,27,28)/t25-/m0/s1. The molecule has 0 bridgehead atoms. The van der Waals surface area contributed by atoms with E-state index in [9.17, 15) is 9.18 Å². The topological polar surface area (TPSA) is 66.0 Å². The van der Waals surface area contributed by atoms with Crippen LogP contribution >= 0.6 is 0 Å². The lowest BCUT2D eigenvalue weighted by Gasteiger charge is -2.47. The molecule has 0 aromatic heterocycles. The fourth-order valence-corrected chi connectivity index (χ4v) is 5.14. The van der Waals surface area contributed by atoms with Crippen molar-refractivity contribution < 1.29 is 13.9 Å². The minimum absolute atomic E-state index is 0.136.